The van der Waals surface area contributed by atoms with Gasteiger partial charge >= 0.3 is 0 Å². The summed E-state index contributed by atoms with van der Waals surface area (Å²) in [5.41, 5.74) is 0.727. The van der Waals surface area contributed by atoms with Gasteiger partial charge in [0.25, 0.3) is 0 Å². The van der Waals surface area contributed by atoms with Gasteiger partial charge in [0.1, 0.15) is 0 Å². The Hall–Kier alpha value is -0.930. The number of carbonyl (C=O) groups is 1. The van der Waals surface area contributed by atoms with E-state index in [1.165, 1.54) is 0 Å². The molecule has 2 nitrogen and oxygen atoms in total. The second-order valence-electron chi connectivity index (χ2n) is 2.85. The van der Waals surface area contributed by atoms with Gasteiger partial charge in [-0.25, -0.2) is 0 Å². The minimum Gasteiger partial charge on any atom is -0.306 e. The minimum atomic E-state index is 0.0966. The van der Waals surface area contributed by atoms with Gasteiger partial charge in [0.05, 0.1) is 6.54 Å². The fourth-order valence-electron chi connectivity index (χ4n) is 1.03. The van der Waals surface area contributed by atoms with Crippen molar-refractivity contribution in [2.75, 3.05) is 13.1 Å². The monoisotopic (exact) mass is 253 g/mol. The molecule has 0 aliphatic carbocycles. The van der Waals surface area contributed by atoms with Crippen LogP contribution < -0.4 is 5.32 Å². The summed E-state index contributed by atoms with van der Waals surface area (Å²) in [5.74, 6) is 0.0966. The SMILES string of the molecule is C=CCNCC(=O)c1ccc(Br)cc1. The van der Waals surface area contributed by atoms with Gasteiger partial charge in [-0.3, -0.25) is 4.79 Å². The second-order valence-corrected chi connectivity index (χ2v) is 3.77. The first-order valence-corrected chi connectivity index (χ1v) is 5.13. The number of rotatable bonds is 5. The van der Waals surface area contributed by atoms with E-state index in [0.29, 0.717) is 13.1 Å². The zero-order valence-electron chi connectivity index (χ0n) is 7.79. The lowest BCUT2D eigenvalue weighted by atomic mass is 10.1. The highest BCUT2D eigenvalue weighted by Gasteiger charge is 2.03. The Morgan fingerprint density at radius 2 is 2.07 bits per heavy atom. The molecule has 74 valence electrons. The summed E-state index contributed by atoms with van der Waals surface area (Å²) in [5, 5.41) is 2.97. The summed E-state index contributed by atoms with van der Waals surface area (Å²) in [6.45, 7) is 4.57. The van der Waals surface area contributed by atoms with Crippen LogP contribution in [0.2, 0.25) is 0 Å². The van der Waals surface area contributed by atoms with Gasteiger partial charge in [-0.15, -0.1) is 6.58 Å². The van der Waals surface area contributed by atoms with Crippen LogP contribution in [0.15, 0.2) is 41.4 Å². The average molecular weight is 254 g/mol. The third-order valence-corrected chi connectivity index (χ3v) is 2.27. The largest absolute Gasteiger partial charge is 0.306 e. The molecule has 0 amide bonds. The van der Waals surface area contributed by atoms with Crippen LogP contribution in [0.4, 0.5) is 0 Å². The van der Waals surface area contributed by atoms with Gasteiger partial charge in [-0.2, -0.15) is 0 Å². The summed E-state index contributed by atoms with van der Waals surface area (Å²) in [6.07, 6.45) is 1.73. The maximum absolute atomic E-state index is 11.5. The Morgan fingerprint density at radius 1 is 1.43 bits per heavy atom. The molecule has 0 atom stereocenters. The fourth-order valence-corrected chi connectivity index (χ4v) is 1.29. The highest BCUT2D eigenvalue weighted by atomic mass is 79.9. The zero-order chi connectivity index (χ0) is 10.4. The predicted molar refractivity (Wildman–Crippen MR) is 61.5 cm³/mol. The Morgan fingerprint density at radius 3 is 2.64 bits per heavy atom. The third-order valence-electron chi connectivity index (χ3n) is 1.74. The predicted octanol–water partition coefficient (Wildman–Crippen LogP) is 2.41. The molecule has 1 aromatic rings. The minimum absolute atomic E-state index is 0.0966. The summed E-state index contributed by atoms with van der Waals surface area (Å²) in [7, 11) is 0. The molecule has 0 saturated carbocycles. The molecular weight excluding hydrogens is 242 g/mol. The van der Waals surface area contributed by atoms with Crippen molar-refractivity contribution in [1.29, 1.82) is 0 Å². The molecule has 3 heteroatoms. The Balaban J connectivity index is 2.52. The molecular formula is C11H12BrNO. The lowest BCUT2D eigenvalue weighted by Gasteiger charge is -2.01. The Bertz CT molecular complexity index is 319. The standard InChI is InChI=1S/C11H12BrNO/c1-2-7-13-8-11(14)9-3-5-10(12)6-4-9/h2-6,13H,1,7-8H2. The molecule has 0 fully saturated rings. The van der Waals surface area contributed by atoms with Crippen LogP contribution in [-0.4, -0.2) is 18.9 Å². The van der Waals surface area contributed by atoms with Crippen LogP contribution in [0, 0.1) is 0 Å². The Kier molecular flexibility index (Phi) is 4.56. The highest BCUT2D eigenvalue weighted by molar-refractivity contribution is 9.10. The van der Waals surface area contributed by atoms with E-state index in [9.17, 15) is 4.79 Å². The maximum Gasteiger partial charge on any atom is 0.176 e. The van der Waals surface area contributed by atoms with E-state index in [1.54, 1.807) is 6.08 Å². The van der Waals surface area contributed by atoms with Gasteiger partial charge in [0.15, 0.2) is 5.78 Å². The lowest BCUT2D eigenvalue weighted by Crippen LogP contribution is -2.22. The van der Waals surface area contributed by atoms with Crippen molar-refractivity contribution in [3.8, 4) is 0 Å². The van der Waals surface area contributed by atoms with Crippen molar-refractivity contribution in [3.05, 3.63) is 47.0 Å². The number of ketones is 1. The fraction of sp³-hybridized carbons (Fsp3) is 0.182. The van der Waals surface area contributed by atoms with E-state index in [4.69, 9.17) is 0 Å². The van der Waals surface area contributed by atoms with E-state index in [2.05, 4.69) is 27.8 Å². The topological polar surface area (TPSA) is 29.1 Å². The average Bonchev–Trinajstić information content (AvgIpc) is 2.19. The Labute approximate surface area is 92.1 Å². The number of halogens is 1. The van der Waals surface area contributed by atoms with Crippen LogP contribution in [0.3, 0.4) is 0 Å². The van der Waals surface area contributed by atoms with Crippen LogP contribution in [-0.2, 0) is 0 Å². The lowest BCUT2D eigenvalue weighted by molar-refractivity contribution is 0.0992. The van der Waals surface area contributed by atoms with Crippen molar-refractivity contribution < 1.29 is 4.79 Å². The number of carbonyl (C=O) groups excluding carboxylic acids is 1. The van der Waals surface area contributed by atoms with Gasteiger partial charge < -0.3 is 5.32 Å². The second kappa shape index (κ2) is 5.73. The molecule has 0 aliphatic heterocycles. The van der Waals surface area contributed by atoms with E-state index in [0.717, 1.165) is 10.0 Å². The first-order chi connectivity index (χ1) is 6.74. The van der Waals surface area contributed by atoms with E-state index < -0.39 is 0 Å². The number of hydrogen-bond acceptors (Lipinski definition) is 2. The first kappa shape index (κ1) is 11.1. The van der Waals surface area contributed by atoms with Gasteiger partial charge in [-0.05, 0) is 12.1 Å². The smallest absolute Gasteiger partial charge is 0.176 e. The third kappa shape index (κ3) is 3.44. The molecule has 0 aliphatic rings. The van der Waals surface area contributed by atoms with Crippen molar-refractivity contribution in [2.45, 2.75) is 0 Å². The number of hydrogen-bond donors (Lipinski definition) is 1. The van der Waals surface area contributed by atoms with Gasteiger partial charge in [-0.1, -0.05) is 34.1 Å². The number of Topliss-reactive ketones (excluding diaryl/α,β-unsaturated/α-hetero) is 1. The van der Waals surface area contributed by atoms with E-state index in [1.807, 2.05) is 24.3 Å². The van der Waals surface area contributed by atoms with E-state index in [-0.39, 0.29) is 5.78 Å². The van der Waals surface area contributed by atoms with Crippen LogP contribution >= 0.6 is 15.9 Å². The van der Waals surface area contributed by atoms with E-state index >= 15 is 0 Å². The molecule has 0 radical (unpaired) electrons. The highest BCUT2D eigenvalue weighted by Crippen LogP contribution is 2.10. The van der Waals surface area contributed by atoms with Crippen LogP contribution in [0.5, 0.6) is 0 Å². The number of nitrogens with one attached hydrogen (secondary N) is 1. The molecule has 14 heavy (non-hydrogen) atoms. The van der Waals surface area contributed by atoms with Crippen molar-refractivity contribution in [1.82, 2.24) is 5.32 Å². The summed E-state index contributed by atoms with van der Waals surface area (Å²) in [4.78, 5) is 11.5. The molecule has 0 bridgehead atoms. The zero-order valence-corrected chi connectivity index (χ0v) is 9.38. The molecule has 1 rings (SSSR count). The molecule has 0 spiro atoms. The summed E-state index contributed by atoms with van der Waals surface area (Å²) < 4.78 is 0.980. The van der Waals surface area contributed by atoms with Crippen LogP contribution in [0.1, 0.15) is 10.4 Å². The molecule has 0 aromatic heterocycles. The van der Waals surface area contributed by atoms with Gasteiger partial charge in [0.2, 0.25) is 0 Å². The normalized spacial score (nSPS) is 9.79. The summed E-state index contributed by atoms with van der Waals surface area (Å²) >= 11 is 3.32. The van der Waals surface area contributed by atoms with Crippen molar-refractivity contribution >= 4 is 21.7 Å². The number of benzene rings is 1. The van der Waals surface area contributed by atoms with Crippen LogP contribution in [0.25, 0.3) is 0 Å². The molecule has 0 unspecified atom stereocenters. The van der Waals surface area contributed by atoms with Crippen molar-refractivity contribution in [3.63, 3.8) is 0 Å². The molecule has 0 heterocycles. The molecule has 1 aromatic carbocycles. The first-order valence-electron chi connectivity index (χ1n) is 4.34. The quantitative estimate of drug-likeness (QED) is 0.496. The van der Waals surface area contributed by atoms with Crippen molar-refractivity contribution in [2.24, 2.45) is 0 Å². The molecule has 1 N–H and O–H groups in total. The van der Waals surface area contributed by atoms with Gasteiger partial charge in [0, 0.05) is 16.6 Å². The summed E-state index contributed by atoms with van der Waals surface area (Å²) in [6, 6.07) is 7.34. The maximum atomic E-state index is 11.5. The molecule has 0 saturated heterocycles.